The third kappa shape index (κ3) is 10.2. The Morgan fingerprint density at radius 3 is 2.63 bits per heavy atom. The number of carboxylic acid groups (broad SMARTS) is 1. The molecule has 0 saturated carbocycles. The zero-order valence-corrected chi connectivity index (χ0v) is 30.9. The maximum Gasteiger partial charge on any atom is 0.323 e. The quantitative estimate of drug-likeness (QED) is 0.137. The first kappa shape index (κ1) is 39.4. The number of ether oxygens (including phenoxy) is 3. The highest BCUT2D eigenvalue weighted by molar-refractivity contribution is 7.90. The standard InChI is InChI=1S/C38H46ClN3O9S/c1-26-32(28-8-4-3-5-9-28)10-6-12-38(26,51-15-7-13-42-14-11-30(44)22-42)25-50-36-18-35(29(17-33(36)39)20-41-34(23-43)37(45)46)49-24-27-16-31(21-40-19-27)52(2,47)48/h3-6,8-10,12,16-19,21,26,30,34,41,43-44H,7,11,13-15,20,22-25H2,1-2H3,(H,45,46)/t26?,30-,34?,38?/m1/s1. The van der Waals surface area contributed by atoms with Gasteiger partial charge in [0.05, 0.1) is 22.6 Å². The number of allylic oxidation sites excluding steroid dienone is 2. The number of aliphatic hydroxyl groups is 2. The fourth-order valence-electron chi connectivity index (χ4n) is 6.32. The van der Waals surface area contributed by atoms with Gasteiger partial charge < -0.3 is 34.4 Å². The number of β-amino-alcohol motifs (C(OH)–C–C–N with tert-alkyl or cyclic N) is 1. The number of nitrogens with one attached hydrogen (secondary N) is 1. The maximum atomic E-state index is 12.1. The highest BCUT2D eigenvalue weighted by atomic mass is 35.5. The van der Waals surface area contributed by atoms with E-state index in [1.807, 2.05) is 30.4 Å². The number of sulfone groups is 1. The molecule has 280 valence electrons. The third-order valence-corrected chi connectivity index (χ3v) is 10.8. The minimum Gasteiger partial charge on any atom is -0.489 e. The molecule has 1 fully saturated rings. The van der Waals surface area contributed by atoms with E-state index in [1.165, 1.54) is 18.5 Å². The summed E-state index contributed by atoms with van der Waals surface area (Å²) in [6.45, 7) is 4.28. The van der Waals surface area contributed by atoms with Crippen LogP contribution in [0.5, 0.6) is 11.5 Å². The van der Waals surface area contributed by atoms with Gasteiger partial charge in [-0.15, -0.1) is 0 Å². The summed E-state index contributed by atoms with van der Waals surface area (Å²) < 4.78 is 43.6. The van der Waals surface area contributed by atoms with E-state index in [2.05, 4.69) is 40.3 Å². The summed E-state index contributed by atoms with van der Waals surface area (Å²) in [5.41, 5.74) is 2.27. The molecule has 5 rings (SSSR count). The van der Waals surface area contributed by atoms with Crippen LogP contribution in [0.2, 0.25) is 5.02 Å². The van der Waals surface area contributed by atoms with Gasteiger partial charge in [0.2, 0.25) is 0 Å². The molecule has 0 amide bonds. The molecule has 1 aliphatic carbocycles. The van der Waals surface area contributed by atoms with Gasteiger partial charge in [-0.25, -0.2) is 8.42 Å². The van der Waals surface area contributed by atoms with Crippen LogP contribution in [0.4, 0.5) is 0 Å². The number of hydrogen-bond acceptors (Lipinski definition) is 11. The van der Waals surface area contributed by atoms with Crippen LogP contribution >= 0.6 is 11.6 Å². The van der Waals surface area contributed by atoms with Gasteiger partial charge in [-0.2, -0.15) is 0 Å². The van der Waals surface area contributed by atoms with Gasteiger partial charge in [0, 0.05) is 74.5 Å². The maximum absolute atomic E-state index is 12.1. The van der Waals surface area contributed by atoms with Crippen molar-refractivity contribution in [1.29, 1.82) is 0 Å². The molecule has 1 saturated heterocycles. The predicted molar refractivity (Wildman–Crippen MR) is 197 cm³/mol. The zero-order chi connectivity index (χ0) is 37.3. The van der Waals surface area contributed by atoms with Crippen LogP contribution in [-0.2, 0) is 32.5 Å². The monoisotopic (exact) mass is 755 g/mol. The molecule has 0 spiro atoms. The number of likely N-dealkylation sites (tertiary alicyclic amines) is 1. The Bertz CT molecular complexity index is 1860. The second kappa shape index (κ2) is 17.8. The molecule has 1 aromatic heterocycles. The minimum atomic E-state index is -3.50. The van der Waals surface area contributed by atoms with Crippen molar-refractivity contribution < 1.29 is 42.7 Å². The minimum absolute atomic E-state index is 0.0133. The van der Waals surface area contributed by atoms with Gasteiger partial charge in [0.15, 0.2) is 9.84 Å². The number of pyridine rings is 1. The van der Waals surface area contributed by atoms with Gasteiger partial charge in [0.25, 0.3) is 0 Å². The van der Waals surface area contributed by atoms with E-state index < -0.39 is 34.1 Å². The lowest BCUT2D eigenvalue weighted by atomic mass is 9.77. The van der Waals surface area contributed by atoms with Crippen molar-refractivity contribution in [2.45, 2.75) is 55.6 Å². The number of hydrogen-bond donors (Lipinski definition) is 4. The number of nitrogens with zero attached hydrogens (tertiary/aromatic N) is 2. The Labute approximate surface area is 309 Å². The number of rotatable bonds is 18. The molecular weight excluding hydrogens is 710 g/mol. The summed E-state index contributed by atoms with van der Waals surface area (Å²) >= 11 is 6.79. The molecule has 4 N–H and O–H groups in total. The van der Waals surface area contributed by atoms with Crippen LogP contribution in [-0.4, -0.2) is 103 Å². The van der Waals surface area contributed by atoms with E-state index in [4.69, 9.17) is 25.8 Å². The third-order valence-electron chi connectivity index (χ3n) is 9.38. The number of aromatic nitrogens is 1. The molecule has 12 nitrogen and oxygen atoms in total. The number of aliphatic carboxylic acids is 1. The molecule has 2 aromatic carbocycles. The van der Waals surface area contributed by atoms with Crippen molar-refractivity contribution in [1.82, 2.24) is 15.2 Å². The van der Waals surface area contributed by atoms with Gasteiger partial charge in [-0.05, 0) is 42.2 Å². The van der Waals surface area contributed by atoms with E-state index in [0.717, 1.165) is 43.3 Å². The normalized spacial score (nSPS) is 21.1. The summed E-state index contributed by atoms with van der Waals surface area (Å²) in [5, 5.41) is 32.0. The second-order valence-corrected chi connectivity index (χ2v) is 15.6. The fourth-order valence-corrected chi connectivity index (χ4v) is 7.17. The molecule has 4 atom stereocenters. The predicted octanol–water partition coefficient (Wildman–Crippen LogP) is 4.13. The Kier molecular flexibility index (Phi) is 13.5. The molecule has 0 radical (unpaired) electrons. The number of carbonyl (C=O) groups is 1. The van der Waals surface area contributed by atoms with E-state index >= 15 is 0 Å². The Morgan fingerprint density at radius 1 is 1.15 bits per heavy atom. The van der Waals surface area contributed by atoms with Crippen LogP contribution in [0.3, 0.4) is 0 Å². The van der Waals surface area contributed by atoms with Gasteiger partial charge in [0.1, 0.15) is 36.4 Å². The van der Waals surface area contributed by atoms with Gasteiger partial charge in [-0.1, -0.05) is 61.0 Å². The fraction of sp³-hybridized carbons (Fsp3) is 0.421. The first-order chi connectivity index (χ1) is 24.9. The van der Waals surface area contributed by atoms with E-state index in [1.54, 1.807) is 12.1 Å². The summed E-state index contributed by atoms with van der Waals surface area (Å²) in [4.78, 5) is 17.9. The smallest absolute Gasteiger partial charge is 0.323 e. The summed E-state index contributed by atoms with van der Waals surface area (Å²) in [6.07, 6.45) is 11.2. The van der Waals surface area contributed by atoms with Crippen LogP contribution < -0.4 is 14.8 Å². The topological polar surface area (TPSA) is 168 Å². The SMILES string of the molecule is CC1C(c2ccccc2)=CC=CC1(COc1cc(OCc2cncc(S(C)(=O)=O)c2)c(CNC(CO)C(=O)O)cc1Cl)OCCCN1CC[C@@H](O)C1. The average molecular weight is 756 g/mol. The van der Waals surface area contributed by atoms with E-state index in [9.17, 15) is 28.5 Å². The van der Waals surface area contributed by atoms with Crippen LogP contribution in [0.15, 0.2) is 84.0 Å². The molecule has 3 aromatic rings. The van der Waals surface area contributed by atoms with E-state index in [0.29, 0.717) is 35.8 Å². The largest absolute Gasteiger partial charge is 0.489 e. The summed E-state index contributed by atoms with van der Waals surface area (Å²) in [7, 11) is -3.50. The second-order valence-electron chi connectivity index (χ2n) is 13.2. The number of halogens is 1. The molecular formula is C38H46ClN3O9S. The Morgan fingerprint density at radius 2 is 1.94 bits per heavy atom. The van der Waals surface area contributed by atoms with Crippen molar-refractivity contribution >= 4 is 33.0 Å². The van der Waals surface area contributed by atoms with Gasteiger partial charge >= 0.3 is 5.97 Å². The number of aliphatic hydroxyl groups excluding tert-OH is 2. The number of benzene rings is 2. The number of carboxylic acids is 1. The molecule has 3 unspecified atom stereocenters. The molecule has 0 bridgehead atoms. The van der Waals surface area contributed by atoms with Crippen LogP contribution in [0.25, 0.3) is 5.57 Å². The van der Waals surface area contributed by atoms with Crippen molar-refractivity contribution in [3.05, 3.63) is 101 Å². The van der Waals surface area contributed by atoms with Crippen molar-refractivity contribution in [2.24, 2.45) is 5.92 Å². The van der Waals surface area contributed by atoms with Crippen molar-refractivity contribution in [3.8, 4) is 11.5 Å². The lowest BCUT2D eigenvalue weighted by molar-refractivity contribution is -0.140. The summed E-state index contributed by atoms with van der Waals surface area (Å²) in [6, 6.07) is 13.6. The first-order valence-electron chi connectivity index (χ1n) is 17.2. The molecule has 14 heteroatoms. The highest BCUT2D eigenvalue weighted by Crippen LogP contribution is 2.41. The van der Waals surface area contributed by atoms with Crippen LogP contribution in [0, 0.1) is 5.92 Å². The molecule has 52 heavy (non-hydrogen) atoms. The Balaban J connectivity index is 1.39. The molecule has 1 aliphatic heterocycles. The molecule has 2 aliphatic rings. The molecule has 2 heterocycles. The summed E-state index contributed by atoms with van der Waals surface area (Å²) in [5.74, 6) is -0.737. The van der Waals surface area contributed by atoms with Crippen molar-refractivity contribution in [3.63, 3.8) is 0 Å². The van der Waals surface area contributed by atoms with Crippen molar-refractivity contribution in [2.75, 3.05) is 45.7 Å². The van der Waals surface area contributed by atoms with Gasteiger partial charge in [-0.3, -0.25) is 15.1 Å². The zero-order valence-electron chi connectivity index (χ0n) is 29.3. The first-order valence-corrected chi connectivity index (χ1v) is 19.4. The highest BCUT2D eigenvalue weighted by Gasteiger charge is 2.40. The van der Waals surface area contributed by atoms with Crippen LogP contribution in [0.1, 0.15) is 36.5 Å². The van der Waals surface area contributed by atoms with E-state index in [-0.39, 0.29) is 41.7 Å². The lowest BCUT2D eigenvalue weighted by Crippen LogP contribution is -2.45. The average Bonchev–Trinajstić information content (AvgIpc) is 3.55. The Hall–Kier alpha value is -3.82. The lowest BCUT2D eigenvalue weighted by Gasteiger charge is -2.40.